The van der Waals surface area contributed by atoms with Crippen LogP contribution in [0.1, 0.15) is 28.8 Å². The van der Waals surface area contributed by atoms with E-state index in [2.05, 4.69) is 17.4 Å². The number of benzene rings is 2. The molecule has 0 aliphatic carbocycles. The van der Waals surface area contributed by atoms with Gasteiger partial charge in [0.2, 0.25) is 5.91 Å². The van der Waals surface area contributed by atoms with Crippen molar-refractivity contribution >= 4 is 28.9 Å². The van der Waals surface area contributed by atoms with Gasteiger partial charge in [-0.2, -0.15) is 0 Å². The highest BCUT2D eigenvalue weighted by Crippen LogP contribution is 2.22. The van der Waals surface area contributed by atoms with E-state index >= 15 is 0 Å². The van der Waals surface area contributed by atoms with E-state index in [4.69, 9.17) is 5.73 Å². The Kier molecular flexibility index (Phi) is 4.70. The number of nitrogen functional groups attached to an aromatic ring is 1. The summed E-state index contributed by atoms with van der Waals surface area (Å²) in [6, 6.07) is 14.2. The molecule has 1 aliphatic rings. The highest BCUT2D eigenvalue weighted by atomic mass is 16.2. The third-order valence-corrected chi connectivity index (χ3v) is 4.08. The standard InChI is InChI=1S/C19H20N4O2/c1-13(14-7-9-16(20)10-8-14)21-22-19(25)15-4-2-5-17(12-15)23-11-3-6-18(23)24/h2,4-5,7-10,12,21H,1,3,6,11,20H2,(H,22,25). The topological polar surface area (TPSA) is 87.5 Å². The van der Waals surface area contributed by atoms with Gasteiger partial charge in [-0.3, -0.25) is 20.4 Å². The first kappa shape index (κ1) is 16.6. The molecule has 0 unspecified atom stereocenters. The van der Waals surface area contributed by atoms with E-state index in [1.54, 1.807) is 35.2 Å². The predicted molar refractivity (Wildman–Crippen MR) is 98.5 cm³/mol. The SMILES string of the molecule is C=C(NNC(=O)c1cccc(N2CCCC2=O)c1)c1ccc(N)cc1. The normalized spacial score (nSPS) is 13.6. The molecule has 0 atom stereocenters. The average molecular weight is 336 g/mol. The Bertz CT molecular complexity index is 814. The van der Waals surface area contributed by atoms with Gasteiger partial charge < -0.3 is 10.6 Å². The summed E-state index contributed by atoms with van der Waals surface area (Å²) in [4.78, 5) is 25.9. The van der Waals surface area contributed by atoms with E-state index in [0.717, 1.165) is 17.7 Å². The number of nitrogens with two attached hydrogens (primary N) is 1. The maximum Gasteiger partial charge on any atom is 0.269 e. The summed E-state index contributed by atoms with van der Waals surface area (Å²) in [5, 5.41) is 0. The zero-order chi connectivity index (χ0) is 17.8. The number of anilines is 2. The molecular formula is C19H20N4O2. The van der Waals surface area contributed by atoms with E-state index in [1.807, 2.05) is 18.2 Å². The first-order chi connectivity index (χ1) is 12.0. The monoisotopic (exact) mass is 336 g/mol. The summed E-state index contributed by atoms with van der Waals surface area (Å²) in [7, 11) is 0. The lowest BCUT2D eigenvalue weighted by Crippen LogP contribution is -2.36. The van der Waals surface area contributed by atoms with Crippen molar-refractivity contribution in [1.29, 1.82) is 0 Å². The molecule has 0 radical (unpaired) electrons. The fraction of sp³-hybridized carbons (Fsp3) is 0.158. The molecule has 1 aliphatic heterocycles. The number of carbonyl (C=O) groups excluding carboxylic acids is 2. The van der Waals surface area contributed by atoms with E-state index in [0.29, 0.717) is 29.9 Å². The van der Waals surface area contributed by atoms with Crippen LogP contribution in [0.3, 0.4) is 0 Å². The Morgan fingerprint density at radius 3 is 2.52 bits per heavy atom. The Labute approximate surface area is 146 Å². The number of amides is 2. The van der Waals surface area contributed by atoms with Gasteiger partial charge in [-0.25, -0.2) is 0 Å². The zero-order valence-corrected chi connectivity index (χ0v) is 13.8. The minimum atomic E-state index is -0.301. The smallest absolute Gasteiger partial charge is 0.269 e. The Morgan fingerprint density at radius 2 is 1.84 bits per heavy atom. The Balaban J connectivity index is 1.64. The van der Waals surface area contributed by atoms with Gasteiger partial charge in [0.05, 0.1) is 5.70 Å². The van der Waals surface area contributed by atoms with Crippen LogP contribution >= 0.6 is 0 Å². The highest BCUT2D eigenvalue weighted by Gasteiger charge is 2.22. The van der Waals surface area contributed by atoms with Crippen molar-refractivity contribution in [2.24, 2.45) is 0 Å². The molecule has 6 nitrogen and oxygen atoms in total. The number of nitrogens with one attached hydrogen (secondary N) is 2. The molecule has 0 aromatic heterocycles. The van der Waals surface area contributed by atoms with Crippen LogP contribution in [0.25, 0.3) is 5.70 Å². The molecule has 1 saturated heterocycles. The first-order valence-corrected chi connectivity index (χ1v) is 8.06. The van der Waals surface area contributed by atoms with Crippen LogP contribution in [0.5, 0.6) is 0 Å². The lowest BCUT2D eigenvalue weighted by Gasteiger charge is -2.17. The molecule has 2 aromatic rings. The van der Waals surface area contributed by atoms with Gasteiger partial charge >= 0.3 is 0 Å². The molecule has 6 heteroatoms. The number of hydrazine groups is 1. The molecule has 3 rings (SSSR count). The fourth-order valence-corrected chi connectivity index (χ4v) is 2.70. The summed E-state index contributed by atoms with van der Waals surface area (Å²) in [6.45, 7) is 4.58. The van der Waals surface area contributed by atoms with Gasteiger partial charge in [-0.05, 0) is 42.3 Å². The predicted octanol–water partition coefficient (Wildman–Crippen LogP) is 2.30. The molecule has 2 amide bonds. The van der Waals surface area contributed by atoms with Crippen molar-refractivity contribution in [3.63, 3.8) is 0 Å². The second-order valence-corrected chi connectivity index (χ2v) is 5.88. The van der Waals surface area contributed by atoms with E-state index in [9.17, 15) is 9.59 Å². The van der Waals surface area contributed by atoms with Crippen molar-refractivity contribution < 1.29 is 9.59 Å². The van der Waals surface area contributed by atoms with Crippen molar-refractivity contribution in [2.45, 2.75) is 12.8 Å². The van der Waals surface area contributed by atoms with Gasteiger partial charge in [0, 0.05) is 29.9 Å². The summed E-state index contributed by atoms with van der Waals surface area (Å²) < 4.78 is 0. The van der Waals surface area contributed by atoms with Crippen LogP contribution in [0.15, 0.2) is 55.1 Å². The molecule has 1 heterocycles. The van der Waals surface area contributed by atoms with Crippen molar-refractivity contribution in [3.05, 3.63) is 66.2 Å². The minimum Gasteiger partial charge on any atom is -0.399 e. The summed E-state index contributed by atoms with van der Waals surface area (Å²) in [6.07, 6.45) is 1.40. The lowest BCUT2D eigenvalue weighted by molar-refractivity contribution is -0.117. The number of hydrogen-bond donors (Lipinski definition) is 3. The molecule has 2 aromatic carbocycles. The molecule has 1 fully saturated rings. The summed E-state index contributed by atoms with van der Waals surface area (Å²) >= 11 is 0. The quantitative estimate of drug-likeness (QED) is 0.577. The fourth-order valence-electron chi connectivity index (χ4n) is 2.70. The van der Waals surface area contributed by atoms with E-state index in [1.165, 1.54) is 0 Å². The largest absolute Gasteiger partial charge is 0.399 e. The van der Waals surface area contributed by atoms with Gasteiger partial charge in [0.25, 0.3) is 5.91 Å². The zero-order valence-electron chi connectivity index (χ0n) is 13.8. The van der Waals surface area contributed by atoms with Crippen LogP contribution in [0.2, 0.25) is 0 Å². The van der Waals surface area contributed by atoms with Crippen molar-refractivity contribution in [1.82, 2.24) is 10.9 Å². The average Bonchev–Trinajstić information content (AvgIpc) is 3.06. The second kappa shape index (κ2) is 7.09. The van der Waals surface area contributed by atoms with Crippen molar-refractivity contribution in [3.8, 4) is 0 Å². The third-order valence-electron chi connectivity index (χ3n) is 4.08. The molecule has 0 bridgehead atoms. The summed E-state index contributed by atoms with van der Waals surface area (Å²) in [5.74, 6) is -0.211. The van der Waals surface area contributed by atoms with Crippen LogP contribution < -0.4 is 21.5 Å². The minimum absolute atomic E-state index is 0.0902. The second-order valence-electron chi connectivity index (χ2n) is 5.88. The molecule has 4 N–H and O–H groups in total. The van der Waals surface area contributed by atoms with Gasteiger partial charge in [-0.15, -0.1) is 0 Å². The molecule has 0 saturated carbocycles. The maximum absolute atomic E-state index is 12.3. The lowest BCUT2D eigenvalue weighted by atomic mass is 10.1. The van der Waals surface area contributed by atoms with Gasteiger partial charge in [-0.1, -0.05) is 24.8 Å². The Hall–Kier alpha value is -3.28. The number of hydrogen-bond acceptors (Lipinski definition) is 4. The first-order valence-electron chi connectivity index (χ1n) is 8.06. The van der Waals surface area contributed by atoms with Crippen LogP contribution in [0, 0.1) is 0 Å². The number of nitrogens with zero attached hydrogens (tertiary/aromatic N) is 1. The van der Waals surface area contributed by atoms with Crippen LogP contribution in [0.4, 0.5) is 11.4 Å². The number of rotatable bonds is 5. The summed E-state index contributed by atoms with van der Waals surface area (Å²) in [5.41, 5.74) is 14.3. The maximum atomic E-state index is 12.3. The molecule has 0 spiro atoms. The molecule has 128 valence electrons. The van der Waals surface area contributed by atoms with Gasteiger partial charge in [0.15, 0.2) is 0 Å². The molecule has 25 heavy (non-hydrogen) atoms. The highest BCUT2D eigenvalue weighted by molar-refractivity contribution is 5.99. The molecular weight excluding hydrogens is 316 g/mol. The van der Waals surface area contributed by atoms with Crippen LogP contribution in [-0.4, -0.2) is 18.4 Å². The van der Waals surface area contributed by atoms with E-state index < -0.39 is 0 Å². The van der Waals surface area contributed by atoms with E-state index in [-0.39, 0.29) is 11.8 Å². The van der Waals surface area contributed by atoms with Crippen LogP contribution in [-0.2, 0) is 4.79 Å². The van der Waals surface area contributed by atoms with Crippen molar-refractivity contribution in [2.75, 3.05) is 17.2 Å². The third kappa shape index (κ3) is 3.80. The Morgan fingerprint density at radius 1 is 1.08 bits per heavy atom. The van der Waals surface area contributed by atoms with Gasteiger partial charge in [0.1, 0.15) is 0 Å². The number of carbonyl (C=O) groups is 2.